The lowest BCUT2D eigenvalue weighted by molar-refractivity contribution is 0.475. The molecule has 31 heavy (non-hydrogen) atoms. The first-order valence-electron chi connectivity index (χ1n) is 9.12. The fourth-order valence-corrected chi connectivity index (χ4v) is 3.41. The molecule has 0 unspecified atom stereocenters. The van der Waals surface area contributed by atoms with Crippen molar-refractivity contribution >= 4 is 43.6 Å². The molecule has 2 N–H and O–H groups in total. The Morgan fingerprint density at radius 2 is 1.19 bits per heavy atom. The maximum atomic E-state index is 11.3. The molecule has 0 bridgehead atoms. The van der Waals surface area contributed by atoms with Crippen molar-refractivity contribution in [1.29, 1.82) is 0 Å². The summed E-state index contributed by atoms with van der Waals surface area (Å²) in [5.41, 5.74) is 2.09. The zero-order valence-electron chi connectivity index (χ0n) is 16.0. The molecule has 4 rings (SSSR count). The van der Waals surface area contributed by atoms with Crippen LogP contribution >= 0.6 is 0 Å². The summed E-state index contributed by atoms with van der Waals surface area (Å²) in [6.45, 7) is 0. The van der Waals surface area contributed by atoms with Gasteiger partial charge in [-0.05, 0) is 54.6 Å². The fourth-order valence-electron chi connectivity index (χ4n) is 2.89. The maximum Gasteiger partial charge on any atom is 0.294 e. The van der Waals surface area contributed by atoms with Gasteiger partial charge in [0, 0.05) is 10.8 Å². The van der Waals surface area contributed by atoms with Gasteiger partial charge in [0.25, 0.3) is 10.1 Å². The molecule has 0 saturated carbocycles. The molecule has 8 nitrogen and oxygen atoms in total. The number of hydrogen-bond acceptors (Lipinski definition) is 7. The molecule has 9 heteroatoms. The highest BCUT2D eigenvalue weighted by Gasteiger charge is 2.10. The molecule has 0 aliphatic rings. The van der Waals surface area contributed by atoms with E-state index < -0.39 is 10.1 Å². The lowest BCUT2D eigenvalue weighted by Gasteiger charge is -2.04. The maximum absolute atomic E-state index is 11.3. The van der Waals surface area contributed by atoms with E-state index in [-0.39, 0.29) is 16.3 Å². The molecular weight excluding hydrogens is 416 g/mol. The van der Waals surface area contributed by atoms with E-state index in [0.29, 0.717) is 17.1 Å². The van der Waals surface area contributed by atoms with E-state index in [0.717, 1.165) is 10.8 Å². The van der Waals surface area contributed by atoms with Crippen LogP contribution in [0.25, 0.3) is 10.8 Å². The Bertz CT molecular complexity index is 1420. The number of hydrogen-bond donors (Lipinski definition) is 2. The van der Waals surface area contributed by atoms with Gasteiger partial charge in [-0.1, -0.05) is 30.3 Å². The average molecular weight is 432 g/mol. The zero-order valence-corrected chi connectivity index (χ0v) is 16.8. The normalized spacial score (nSPS) is 12.2. The Balaban J connectivity index is 1.68. The Kier molecular flexibility index (Phi) is 5.52. The molecule has 4 aromatic carbocycles. The molecular formula is C22H16N4O4S. The molecule has 4 aromatic rings. The smallest absolute Gasteiger partial charge is 0.294 e. The summed E-state index contributed by atoms with van der Waals surface area (Å²) in [7, 11) is -4.32. The van der Waals surface area contributed by atoms with Crippen molar-refractivity contribution in [2.75, 3.05) is 0 Å². The van der Waals surface area contributed by atoms with Crippen LogP contribution in [0.1, 0.15) is 0 Å². The number of aromatic hydroxyl groups is 1. The van der Waals surface area contributed by atoms with Crippen molar-refractivity contribution in [3.63, 3.8) is 0 Å². The molecule has 0 aliphatic carbocycles. The molecule has 0 heterocycles. The molecule has 0 atom stereocenters. The number of phenolic OH excluding ortho intramolecular Hbond substituents is 1. The Hall–Kier alpha value is -3.95. The molecule has 0 aliphatic heterocycles. The van der Waals surface area contributed by atoms with E-state index in [1.165, 1.54) is 30.3 Å². The van der Waals surface area contributed by atoms with E-state index in [9.17, 15) is 18.1 Å². The zero-order chi connectivity index (χ0) is 21.8. The van der Waals surface area contributed by atoms with Crippen molar-refractivity contribution in [2.24, 2.45) is 20.5 Å². The number of phenols is 1. The van der Waals surface area contributed by atoms with Gasteiger partial charge < -0.3 is 5.11 Å². The number of rotatable bonds is 5. The van der Waals surface area contributed by atoms with Crippen molar-refractivity contribution in [3.05, 3.63) is 84.9 Å². The minimum atomic E-state index is -4.32. The summed E-state index contributed by atoms with van der Waals surface area (Å²) >= 11 is 0. The van der Waals surface area contributed by atoms with Gasteiger partial charge in [0.2, 0.25) is 0 Å². The van der Waals surface area contributed by atoms with Gasteiger partial charge in [0.15, 0.2) is 0 Å². The standard InChI is InChI=1S/C22H16N4O4S/c27-17-10-8-15(9-11-17)23-25-21-12-13-22(20-7-2-1-6-19(20)21)26-24-16-4-3-5-18(14-16)31(28,29)30/h1-14,27H,(H,28,29,30). The number of fused-ring (bicyclic) bond motifs is 1. The second-order valence-electron chi connectivity index (χ2n) is 6.54. The third kappa shape index (κ3) is 4.80. The van der Waals surface area contributed by atoms with Crippen LogP contribution in [0.3, 0.4) is 0 Å². The first kappa shape index (κ1) is 20.3. The van der Waals surface area contributed by atoms with Crippen LogP contribution in [-0.2, 0) is 10.1 Å². The van der Waals surface area contributed by atoms with E-state index in [1.807, 2.05) is 24.3 Å². The summed E-state index contributed by atoms with van der Waals surface area (Å²) in [5.74, 6) is 0.154. The Labute approximate surface area is 178 Å². The third-order valence-corrected chi connectivity index (χ3v) is 5.24. The predicted molar refractivity (Wildman–Crippen MR) is 117 cm³/mol. The molecule has 0 aromatic heterocycles. The van der Waals surface area contributed by atoms with Crippen molar-refractivity contribution in [3.8, 4) is 5.75 Å². The molecule has 154 valence electrons. The fraction of sp³-hybridized carbons (Fsp3) is 0. The lowest BCUT2D eigenvalue weighted by Crippen LogP contribution is -1.96. The molecule has 0 amide bonds. The summed E-state index contributed by atoms with van der Waals surface area (Å²) in [6.07, 6.45) is 0. The summed E-state index contributed by atoms with van der Waals surface area (Å²) in [4.78, 5) is -0.251. The summed E-state index contributed by atoms with van der Waals surface area (Å²) < 4.78 is 31.8. The van der Waals surface area contributed by atoms with Crippen LogP contribution < -0.4 is 0 Å². The Morgan fingerprint density at radius 3 is 1.77 bits per heavy atom. The van der Waals surface area contributed by atoms with Crippen LogP contribution in [0, 0.1) is 0 Å². The van der Waals surface area contributed by atoms with E-state index in [4.69, 9.17) is 0 Å². The number of azo groups is 2. The van der Waals surface area contributed by atoms with Gasteiger partial charge >= 0.3 is 0 Å². The monoisotopic (exact) mass is 432 g/mol. The molecule has 0 radical (unpaired) electrons. The second-order valence-corrected chi connectivity index (χ2v) is 7.96. The van der Waals surface area contributed by atoms with Gasteiger partial charge in [0.05, 0.1) is 27.6 Å². The van der Waals surface area contributed by atoms with Crippen LogP contribution in [0.4, 0.5) is 22.7 Å². The van der Waals surface area contributed by atoms with Crippen molar-refractivity contribution in [2.45, 2.75) is 4.90 Å². The first-order chi connectivity index (χ1) is 14.9. The minimum Gasteiger partial charge on any atom is -0.508 e. The molecule has 0 fully saturated rings. The first-order valence-corrected chi connectivity index (χ1v) is 10.6. The lowest BCUT2D eigenvalue weighted by atomic mass is 10.1. The summed E-state index contributed by atoms with van der Waals surface area (Å²) in [6, 6.07) is 22.9. The van der Waals surface area contributed by atoms with Crippen LogP contribution in [-0.4, -0.2) is 18.1 Å². The largest absolute Gasteiger partial charge is 0.508 e. The predicted octanol–water partition coefficient (Wildman–Crippen LogP) is 6.62. The van der Waals surface area contributed by atoms with Crippen molar-refractivity contribution in [1.82, 2.24) is 0 Å². The van der Waals surface area contributed by atoms with E-state index in [1.54, 1.807) is 30.3 Å². The van der Waals surface area contributed by atoms with Gasteiger partial charge in [-0.15, -0.1) is 10.2 Å². The average Bonchev–Trinajstić information content (AvgIpc) is 2.77. The van der Waals surface area contributed by atoms with Crippen LogP contribution in [0.5, 0.6) is 5.75 Å². The number of nitrogens with zero attached hydrogens (tertiary/aromatic N) is 4. The van der Waals surface area contributed by atoms with Gasteiger partial charge in [-0.3, -0.25) is 4.55 Å². The topological polar surface area (TPSA) is 124 Å². The van der Waals surface area contributed by atoms with E-state index >= 15 is 0 Å². The highest BCUT2D eigenvalue weighted by atomic mass is 32.2. The highest BCUT2D eigenvalue weighted by Crippen LogP contribution is 2.35. The van der Waals surface area contributed by atoms with Gasteiger partial charge in [0.1, 0.15) is 5.75 Å². The molecule has 0 spiro atoms. The van der Waals surface area contributed by atoms with E-state index in [2.05, 4.69) is 20.5 Å². The third-order valence-electron chi connectivity index (χ3n) is 4.39. The Morgan fingerprint density at radius 1 is 0.613 bits per heavy atom. The minimum absolute atomic E-state index is 0.154. The SMILES string of the molecule is O=S(=O)(O)c1cccc(N=Nc2ccc(N=Nc3ccc(O)cc3)c3ccccc23)c1. The molecule has 0 saturated heterocycles. The second kappa shape index (κ2) is 8.42. The van der Waals surface area contributed by atoms with Crippen molar-refractivity contribution < 1.29 is 18.1 Å². The summed E-state index contributed by atoms with van der Waals surface area (Å²) in [5, 5.41) is 27.8. The van der Waals surface area contributed by atoms with Gasteiger partial charge in [-0.25, -0.2) is 0 Å². The van der Waals surface area contributed by atoms with Gasteiger partial charge in [-0.2, -0.15) is 18.6 Å². The quantitative estimate of drug-likeness (QED) is 0.271. The van der Waals surface area contributed by atoms with Crippen LogP contribution in [0.2, 0.25) is 0 Å². The van der Waals surface area contributed by atoms with Crippen LogP contribution in [0.15, 0.2) is 110 Å². The number of benzene rings is 4. The highest BCUT2D eigenvalue weighted by molar-refractivity contribution is 7.85.